The van der Waals surface area contributed by atoms with Gasteiger partial charge in [-0.05, 0) is 25.2 Å². The van der Waals surface area contributed by atoms with E-state index >= 15 is 0 Å². The Kier molecular flexibility index (Phi) is 2.93. The zero-order valence-corrected chi connectivity index (χ0v) is 10.6. The van der Waals surface area contributed by atoms with Gasteiger partial charge in [-0.25, -0.2) is 9.78 Å². The number of urea groups is 1. The molecule has 0 unspecified atom stereocenters. The summed E-state index contributed by atoms with van der Waals surface area (Å²) < 4.78 is 0. The molecule has 2 heterocycles. The maximum atomic E-state index is 12.1. The van der Waals surface area contributed by atoms with E-state index in [1.807, 2.05) is 4.90 Å². The minimum absolute atomic E-state index is 0.0774. The molecule has 2 fully saturated rings. The highest BCUT2D eigenvalue weighted by Crippen LogP contribution is 2.28. The van der Waals surface area contributed by atoms with Crippen molar-refractivity contribution in [2.24, 2.45) is 5.92 Å². The second-order valence-corrected chi connectivity index (χ2v) is 5.41. The first-order valence-corrected chi connectivity index (χ1v) is 6.64. The molecule has 0 bridgehead atoms. The van der Waals surface area contributed by atoms with Crippen LogP contribution in [0.4, 0.5) is 4.79 Å². The first-order valence-electron chi connectivity index (χ1n) is 6.64. The van der Waals surface area contributed by atoms with Crippen LogP contribution in [0.5, 0.6) is 0 Å². The predicted molar refractivity (Wildman–Crippen MR) is 66.0 cm³/mol. The number of carbonyl (C=O) groups is 1. The van der Waals surface area contributed by atoms with Crippen molar-refractivity contribution in [2.75, 3.05) is 13.1 Å². The molecule has 2 amide bonds. The van der Waals surface area contributed by atoms with E-state index in [0.29, 0.717) is 17.9 Å². The monoisotopic (exact) mass is 249 g/mol. The van der Waals surface area contributed by atoms with Gasteiger partial charge in [0.05, 0.1) is 0 Å². The van der Waals surface area contributed by atoms with E-state index in [9.17, 15) is 4.79 Å². The lowest BCUT2D eigenvalue weighted by Gasteiger charge is -2.35. The van der Waals surface area contributed by atoms with E-state index in [0.717, 1.165) is 31.8 Å². The zero-order chi connectivity index (χ0) is 12.5. The molecule has 0 spiro atoms. The second kappa shape index (κ2) is 4.59. The molecule has 1 aliphatic heterocycles. The summed E-state index contributed by atoms with van der Waals surface area (Å²) >= 11 is 0. The number of H-pyrrole nitrogens is 1. The average Bonchev–Trinajstić information content (AvgIpc) is 3.02. The molecular formula is C12H19N5O. The Labute approximate surface area is 106 Å². The summed E-state index contributed by atoms with van der Waals surface area (Å²) in [5.41, 5.74) is 0. The van der Waals surface area contributed by atoms with Crippen LogP contribution in [0.3, 0.4) is 0 Å². The number of likely N-dealkylation sites (tertiary alicyclic amines) is 1. The Morgan fingerprint density at radius 3 is 3.00 bits per heavy atom. The topological polar surface area (TPSA) is 73.9 Å². The summed E-state index contributed by atoms with van der Waals surface area (Å²) in [6, 6.07) is 0.454. The molecule has 6 nitrogen and oxygen atoms in total. The lowest BCUT2D eigenvalue weighted by atomic mass is 9.81. The molecule has 98 valence electrons. The Hall–Kier alpha value is -1.59. The first-order chi connectivity index (χ1) is 8.74. The van der Waals surface area contributed by atoms with Crippen molar-refractivity contribution in [3.8, 4) is 0 Å². The van der Waals surface area contributed by atoms with Crippen LogP contribution in [0, 0.1) is 5.92 Å². The van der Waals surface area contributed by atoms with Crippen molar-refractivity contribution in [1.29, 1.82) is 0 Å². The molecule has 3 rings (SSSR count). The Balaban J connectivity index is 1.53. The van der Waals surface area contributed by atoms with Crippen LogP contribution in [-0.4, -0.2) is 45.2 Å². The number of rotatable bonds is 2. The van der Waals surface area contributed by atoms with Gasteiger partial charge in [0.15, 0.2) is 0 Å². The number of amides is 2. The number of nitrogens with zero attached hydrogens (tertiary/aromatic N) is 3. The normalized spacial score (nSPS) is 31.2. The third-order valence-corrected chi connectivity index (χ3v) is 4.22. The van der Waals surface area contributed by atoms with E-state index in [1.54, 1.807) is 0 Å². The molecule has 1 aromatic heterocycles. The molecule has 18 heavy (non-hydrogen) atoms. The van der Waals surface area contributed by atoms with E-state index < -0.39 is 0 Å². The summed E-state index contributed by atoms with van der Waals surface area (Å²) in [7, 11) is 0. The van der Waals surface area contributed by atoms with Crippen LogP contribution in [0.25, 0.3) is 0 Å². The van der Waals surface area contributed by atoms with Gasteiger partial charge in [-0.3, -0.25) is 5.10 Å². The number of carbonyl (C=O) groups excluding carboxylic acids is 1. The Bertz CT molecular complexity index is 418. The summed E-state index contributed by atoms with van der Waals surface area (Å²) in [5, 5.41) is 9.87. The summed E-state index contributed by atoms with van der Waals surface area (Å²) in [5.74, 6) is 1.82. The fourth-order valence-electron chi connectivity index (χ4n) is 2.71. The molecule has 1 saturated carbocycles. The average molecular weight is 249 g/mol. The van der Waals surface area contributed by atoms with Crippen LogP contribution in [0.2, 0.25) is 0 Å². The number of hydrogen-bond acceptors (Lipinski definition) is 3. The van der Waals surface area contributed by atoms with Crippen LogP contribution < -0.4 is 5.32 Å². The highest BCUT2D eigenvalue weighted by Gasteiger charge is 2.33. The fourth-order valence-corrected chi connectivity index (χ4v) is 2.71. The molecule has 1 aromatic rings. The van der Waals surface area contributed by atoms with Crippen molar-refractivity contribution >= 4 is 6.03 Å². The highest BCUT2D eigenvalue weighted by molar-refractivity contribution is 5.75. The standard InChI is InChI=1S/C12H19N5O/c1-8-2-3-10(8)15-12(18)17-5-4-9(6-17)11-13-7-14-16-11/h7-10H,2-6H2,1H3,(H,15,18)(H,13,14,16)/t8-,9+,10+/m1/s1. The molecule has 6 heteroatoms. The number of aromatic nitrogens is 3. The number of nitrogens with one attached hydrogen (secondary N) is 2. The Morgan fingerprint density at radius 1 is 1.50 bits per heavy atom. The molecule has 0 radical (unpaired) electrons. The van der Waals surface area contributed by atoms with E-state index in [1.165, 1.54) is 12.7 Å². The molecule has 3 atom stereocenters. The van der Waals surface area contributed by atoms with Gasteiger partial charge in [-0.1, -0.05) is 6.92 Å². The van der Waals surface area contributed by atoms with E-state index in [4.69, 9.17) is 0 Å². The maximum Gasteiger partial charge on any atom is 0.317 e. The largest absolute Gasteiger partial charge is 0.335 e. The lowest BCUT2D eigenvalue weighted by molar-refractivity contribution is 0.178. The third kappa shape index (κ3) is 2.07. The summed E-state index contributed by atoms with van der Waals surface area (Å²) in [6.45, 7) is 3.73. The number of hydrogen-bond donors (Lipinski definition) is 2. The SMILES string of the molecule is C[C@@H]1CC[C@@H]1NC(=O)N1CC[C@H](c2ncn[nH]2)C1. The summed E-state index contributed by atoms with van der Waals surface area (Å²) in [6.07, 6.45) is 4.83. The maximum absolute atomic E-state index is 12.1. The van der Waals surface area contributed by atoms with Crippen molar-refractivity contribution in [3.63, 3.8) is 0 Å². The van der Waals surface area contributed by atoms with Gasteiger partial charge in [-0.2, -0.15) is 5.10 Å². The highest BCUT2D eigenvalue weighted by atomic mass is 16.2. The molecule has 2 N–H and O–H groups in total. The Morgan fingerprint density at radius 2 is 2.39 bits per heavy atom. The fraction of sp³-hybridized carbons (Fsp3) is 0.750. The van der Waals surface area contributed by atoms with Crippen LogP contribution in [-0.2, 0) is 0 Å². The molecular weight excluding hydrogens is 230 g/mol. The van der Waals surface area contributed by atoms with Gasteiger partial charge in [-0.15, -0.1) is 0 Å². The smallest absolute Gasteiger partial charge is 0.317 e. The summed E-state index contributed by atoms with van der Waals surface area (Å²) in [4.78, 5) is 18.1. The lowest BCUT2D eigenvalue weighted by Crippen LogP contribution is -2.50. The van der Waals surface area contributed by atoms with Crippen molar-refractivity contribution in [2.45, 2.75) is 38.1 Å². The first kappa shape index (κ1) is 11.5. The minimum Gasteiger partial charge on any atom is -0.335 e. The van der Waals surface area contributed by atoms with E-state index in [2.05, 4.69) is 27.4 Å². The van der Waals surface area contributed by atoms with Crippen molar-refractivity contribution < 1.29 is 4.79 Å². The zero-order valence-electron chi connectivity index (χ0n) is 10.6. The van der Waals surface area contributed by atoms with Gasteiger partial charge >= 0.3 is 6.03 Å². The van der Waals surface area contributed by atoms with Gasteiger partial charge in [0.1, 0.15) is 12.2 Å². The van der Waals surface area contributed by atoms with Gasteiger partial charge < -0.3 is 10.2 Å². The van der Waals surface area contributed by atoms with E-state index in [-0.39, 0.29) is 6.03 Å². The van der Waals surface area contributed by atoms with Crippen LogP contribution in [0.1, 0.15) is 37.9 Å². The van der Waals surface area contributed by atoms with Crippen LogP contribution >= 0.6 is 0 Å². The van der Waals surface area contributed by atoms with Crippen molar-refractivity contribution in [3.05, 3.63) is 12.2 Å². The van der Waals surface area contributed by atoms with Gasteiger partial charge in [0.2, 0.25) is 0 Å². The third-order valence-electron chi connectivity index (χ3n) is 4.22. The number of aromatic amines is 1. The minimum atomic E-state index is 0.0774. The van der Waals surface area contributed by atoms with Gasteiger partial charge in [0.25, 0.3) is 0 Å². The van der Waals surface area contributed by atoms with Crippen molar-refractivity contribution in [1.82, 2.24) is 25.4 Å². The molecule has 1 aliphatic carbocycles. The molecule has 1 saturated heterocycles. The van der Waals surface area contributed by atoms with Crippen LogP contribution in [0.15, 0.2) is 6.33 Å². The predicted octanol–water partition coefficient (Wildman–Crippen LogP) is 1.10. The second-order valence-electron chi connectivity index (χ2n) is 5.41. The molecule has 0 aromatic carbocycles. The molecule has 2 aliphatic rings. The van der Waals surface area contributed by atoms with Gasteiger partial charge in [0, 0.05) is 25.0 Å². The quantitative estimate of drug-likeness (QED) is 0.824.